The molecule has 2 rings (SSSR count). The van der Waals surface area contributed by atoms with Gasteiger partial charge in [-0.25, -0.2) is 4.39 Å². The van der Waals surface area contributed by atoms with Gasteiger partial charge in [0.1, 0.15) is 6.17 Å². The minimum atomic E-state index is -0.669. The Morgan fingerprint density at radius 3 is 2.60 bits per heavy atom. The van der Waals surface area contributed by atoms with Crippen molar-refractivity contribution in [3.8, 4) is 0 Å². The lowest BCUT2D eigenvalue weighted by molar-refractivity contribution is 0.165. The van der Waals surface area contributed by atoms with Crippen LogP contribution in [0.4, 0.5) is 4.39 Å². The Hall–Kier alpha value is -0.890. The van der Waals surface area contributed by atoms with Gasteiger partial charge in [-0.3, -0.25) is 0 Å². The van der Waals surface area contributed by atoms with E-state index in [4.69, 9.17) is 0 Å². The Bertz CT molecular complexity index is 333. The summed E-state index contributed by atoms with van der Waals surface area (Å²) in [6.07, 6.45) is 0.551. The molecule has 0 amide bonds. The van der Waals surface area contributed by atoms with Gasteiger partial charge in [0.15, 0.2) is 0 Å². The first kappa shape index (κ1) is 10.6. The van der Waals surface area contributed by atoms with Crippen molar-refractivity contribution in [3.63, 3.8) is 0 Å². The standard InChI is InChI=1S/C13H18FN/c1-10-3-5-11(6-4-10)13(2)9-12(14)7-8-15-13/h3-6,12,15H,7-9H2,1-2H3. The van der Waals surface area contributed by atoms with Crippen LogP contribution < -0.4 is 5.32 Å². The van der Waals surface area contributed by atoms with Gasteiger partial charge >= 0.3 is 0 Å². The van der Waals surface area contributed by atoms with Crippen molar-refractivity contribution < 1.29 is 4.39 Å². The molecule has 0 aliphatic carbocycles. The molecule has 0 radical (unpaired) electrons. The summed E-state index contributed by atoms with van der Waals surface area (Å²) in [6, 6.07) is 8.37. The van der Waals surface area contributed by atoms with Gasteiger partial charge in [0.05, 0.1) is 0 Å². The van der Waals surface area contributed by atoms with Crippen molar-refractivity contribution in [2.75, 3.05) is 6.54 Å². The molecule has 1 aliphatic rings. The molecule has 0 saturated carbocycles. The van der Waals surface area contributed by atoms with E-state index in [9.17, 15) is 4.39 Å². The second-order valence-electron chi connectivity index (χ2n) is 4.71. The summed E-state index contributed by atoms with van der Waals surface area (Å²) < 4.78 is 13.4. The summed E-state index contributed by atoms with van der Waals surface area (Å²) in [4.78, 5) is 0. The normalized spacial score (nSPS) is 31.5. The second kappa shape index (κ2) is 3.93. The Balaban J connectivity index is 2.24. The van der Waals surface area contributed by atoms with Crippen LogP contribution in [-0.2, 0) is 5.54 Å². The summed E-state index contributed by atoms with van der Waals surface area (Å²) in [7, 11) is 0. The predicted molar refractivity (Wildman–Crippen MR) is 60.7 cm³/mol. The highest BCUT2D eigenvalue weighted by atomic mass is 19.1. The maximum absolute atomic E-state index is 13.4. The van der Waals surface area contributed by atoms with E-state index in [1.54, 1.807) is 0 Å². The molecule has 1 aromatic rings. The SMILES string of the molecule is Cc1ccc(C2(C)CC(F)CCN2)cc1. The number of alkyl halides is 1. The predicted octanol–water partition coefficient (Wildman–Crippen LogP) is 2.93. The van der Waals surface area contributed by atoms with Crippen LogP contribution in [0.25, 0.3) is 0 Å². The first-order valence-corrected chi connectivity index (χ1v) is 5.56. The lowest BCUT2D eigenvalue weighted by Gasteiger charge is -2.37. The summed E-state index contributed by atoms with van der Waals surface area (Å²) in [5, 5.41) is 3.42. The van der Waals surface area contributed by atoms with Gasteiger partial charge in [-0.2, -0.15) is 0 Å². The molecule has 2 heteroatoms. The lowest BCUT2D eigenvalue weighted by Crippen LogP contribution is -2.46. The highest BCUT2D eigenvalue weighted by Gasteiger charge is 2.33. The number of aryl methyl sites for hydroxylation is 1. The van der Waals surface area contributed by atoms with E-state index >= 15 is 0 Å². The zero-order valence-corrected chi connectivity index (χ0v) is 9.39. The third kappa shape index (κ3) is 2.20. The fourth-order valence-electron chi connectivity index (χ4n) is 2.26. The number of piperidine rings is 1. The molecule has 0 aromatic heterocycles. The lowest BCUT2D eigenvalue weighted by atomic mass is 9.83. The molecule has 82 valence electrons. The van der Waals surface area contributed by atoms with Gasteiger partial charge in [-0.05, 0) is 32.4 Å². The Morgan fingerprint density at radius 1 is 1.33 bits per heavy atom. The Morgan fingerprint density at radius 2 is 2.00 bits per heavy atom. The van der Waals surface area contributed by atoms with Crippen molar-refractivity contribution in [3.05, 3.63) is 35.4 Å². The van der Waals surface area contributed by atoms with Gasteiger partial charge in [0, 0.05) is 12.0 Å². The van der Waals surface area contributed by atoms with Gasteiger partial charge < -0.3 is 5.32 Å². The zero-order valence-electron chi connectivity index (χ0n) is 9.39. The molecule has 1 saturated heterocycles. The zero-order chi connectivity index (χ0) is 10.9. The fraction of sp³-hybridized carbons (Fsp3) is 0.538. The van der Waals surface area contributed by atoms with Crippen molar-refractivity contribution in [1.29, 1.82) is 0 Å². The second-order valence-corrected chi connectivity index (χ2v) is 4.71. The number of hydrogen-bond acceptors (Lipinski definition) is 1. The van der Waals surface area contributed by atoms with Gasteiger partial charge in [-0.15, -0.1) is 0 Å². The van der Waals surface area contributed by atoms with Gasteiger partial charge in [0.2, 0.25) is 0 Å². The van der Waals surface area contributed by atoms with Gasteiger partial charge in [0.25, 0.3) is 0 Å². The smallest absolute Gasteiger partial charge is 0.103 e. The maximum Gasteiger partial charge on any atom is 0.103 e. The molecule has 1 heterocycles. The highest BCUT2D eigenvalue weighted by molar-refractivity contribution is 5.28. The van der Waals surface area contributed by atoms with E-state index in [2.05, 4.69) is 43.4 Å². The van der Waals surface area contributed by atoms with Crippen molar-refractivity contribution in [1.82, 2.24) is 5.32 Å². The third-order valence-electron chi connectivity index (χ3n) is 3.29. The van der Waals surface area contributed by atoms with E-state index in [-0.39, 0.29) is 5.54 Å². The first-order valence-electron chi connectivity index (χ1n) is 5.56. The van der Waals surface area contributed by atoms with E-state index in [0.29, 0.717) is 12.8 Å². The van der Waals surface area contributed by atoms with Gasteiger partial charge in [-0.1, -0.05) is 29.8 Å². The van der Waals surface area contributed by atoms with Crippen LogP contribution >= 0.6 is 0 Å². The molecule has 0 spiro atoms. The molecule has 2 atom stereocenters. The number of benzene rings is 1. The molecule has 1 fully saturated rings. The fourth-order valence-corrected chi connectivity index (χ4v) is 2.26. The topological polar surface area (TPSA) is 12.0 Å². The average molecular weight is 207 g/mol. The summed E-state index contributed by atoms with van der Waals surface area (Å²) in [6.45, 7) is 4.92. The number of hydrogen-bond donors (Lipinski definition) is 1. The Labute approximate surface area is 90.7 Å². The minimum Gasteiger partial charge on any atom is -0.307 e. The number of nitrogens with one attached hydrogen (secondary N) is 1. The van der Waals surface area contributed by atoms with Crippen molar-refractivity contribution in [2.45, 2.75) is 38.4 Å². The van der Waals surface area contributed by atoms with Crippen LogP contribution in [0.5, 0.6) is 0 Å². The van der Waals surface area contributed by atoms with Crippen LogP contribution in [0, 0.1) is 6.92 Å². The third-order valence-corrected chi connectivity index (χ3v) is 3.29. The van der Waals surface area contributed by atoms with Crippen LogP contribution in [0.1, 0.15) is 30.9 Å². The van der Waals surface area contributed by atoms with E-state index in [1.807, 2.05) is 0 Å². The van der Waals surface area contributed by atoms with Crippen LogP contribution in [0.15, 0.2) is 24.3 Å². The summed E-state index contributed by atoms with van der Waals surface area (Å²) in [5.74, 6) is 0. The van der Waals surface area contributed by atoms with E-state index in [1.165, 1.54) is 11.1 Å². The average Bonchev–Trinajstić information content (AvgIpc) is 2.18. The molecule has 1 nitrogen and oxygen atoms in total. The molecule has 1 N–H and O–H groups in total. The maximum atomic E-state index is 13.4. The molecule has 0 bridgehead atoms. The Kier molecular flexibility index (Phi) is 2.79. The first-order chi connectivity index (χ1) is 7.10. The molecule has 1 aliphatic heterocycles. The molecular weight excluding hydrogens is 189 g/mol. The van der Waals surface area contributed by atoms with Crippen molar-refractivity contribution >= 4 is 0 Å². The molecule has 15 heavy (non-hydrogen) atoms. The molecule has 1 aromatic carbocycles. The van der Waals surface area contributed by atoms with Crippen LogP contribution in [-0.4, -0.2) is 12.7 Å². The number of rotatable bonds is 1. The molecular formula is C13H18FN. The van der Waals surface area contributed by atoms with E-state index in [0.717, 1.165) is 6.54 Å². The largest absolute Gasteiger partial charge is 0.307 e. The van der Waals surface area contributed by atoms with Crippen LogP contribution in [0.2, 0.25) is 0 Å². The quantitative estimate of drug-likeness (QED) is 0.746. The number of halogens is 1. The van der Waals surface area contributed by atoms with E-state index < -0.39 is 6.17 Å². The van der Waals surface area contributed by atoms with Crippen LogP contribution in [0.3, 0.4) is 0 Å². The molecule has 2 unspecified atom stereocenters. The highest BCUT2D eigenvalue weighted by Crippen LogP contribution is 2.31. The summed E-state index contributed by atoms with van der Waals surface area (Å²) >= 11 is 0. The van der Waals surface area contributed by atoms with Crippen molar-refractivity contribution in [2.24, 2.45) is 0 Å². The monoisotopic (exact) mass is 207 g/mol. The minimum absolute atomic E-state index is 0.189. The summed E-state index contributed by atoms with van der Waals surface area (Å²) in [5.41, 5.74) is 2.25.